The van der Waals surface area contributed by atoms with Gasteiger partial charge >= 0.3 is 0 Å². The van der Waals surface area contributed by atoms with Crippen LogP contribution in [0.25, 0.3) is 6.08 Å². The summed E-state index contributed by atoms with van der Waals surface area (Å²) in [6.07, 6.45) is 2.75. The topological polar surface area (TPSA) is 111 Å². The molecule has 26 heavy (non-hydrogen) atoms. The van der Waals surface area contributed by atoms with Crippen molar-refractivity contribution in [1.29, 1.82) is 0 Å². The minimum absolute atomic E-state index is 0.0490. The quantitative estimate of drug-likeness (QED) is 0.451. The van der Waals surface area contributed by atoms with Gasteiger partial charge < -0.3 is 15.4 Å². The van der Waals surface area contributed by atoms with Crippen LogP contribution >= 0.6 is 0 Å². The van der Waals surface area contributed by atoms with E-state index in [0.29, 0.717) is 16.9 Å². The minimum Gasteiger partial charge on any atom is -0.375 e. The molecule has 0 saturated heterocycles. The van der Waals surface area contributed by atoms with Gasteiger partial charge in [0.25, 0.3) is 5.69 Å². The smallest absolute Gasteiger partial charge is 0.270 e. The minimum atomic E-state index is -0.499. The molecule has 0 bridgehead atoms. The van der Waals surface area contributed by atoms with Gasteiger partial charge in [0.15, 0.2) is 0 Å². The normalized spacial score (nSPS) is 10.5. The highest BCUT2D eigenvalue weighted by Crippen LogP contribution is 2.16. The Hall–Kier alpha value is -3.52. The maximum absolute atomic E-state index is 12.0. The van der Waals surface area contributed by atoms with Crippen molar-refractivity contribution in [3.63, 3.8) is 0 Å². The van der Waals surface area contributed by atoms with Crippen LogP contribution in [0.5, 0.6) is 0 Å². The maximum atomic E-state index is 12.0. The molecule has 2 aromatic carbocycles. The number of benzene rings is 2. The predicted molar refractivity (Wildman–Crippen MR) is 97.7 cm³/mol. The standard InChI is InChI=1S/C18H17N3O5/c1-26-12-18(23)20-15-6-3-5-14(11-15)19-17(22)9-8-13-4-2-7-16(10-13)21(24)25/h2-11H,12H2,1H3,(H,19,22)(H,20,23)/b9-8+. The molecule has 0 unspecified atom stereocenters. The molecule has 0 saturated carbocycles. The average molecular weight is 355 g/mol. The molecular weight excluding hydrogens is 338 g/mol. The van der Waals surface area contributed by atoms with Crippen LogP contribution in [-0.4, -0.2) is 30.5 Å². The summed E-state index contributed by atoms with van der Waals surface area (Å²) in [4.78, 5) is 33.7. The van der Waals surface area contributed by atoms with Crippen LogP contribution in [0.15, 0.2) is 54.6 Å². The first kappa shape index (κ1) is 18.8. The number of methoxy groups -OCH3 is 1. The zero-order chi connectivity index (χ0) is 18.9. The number of carbonyl (C=O) groups excluding carboxylic acids is 2. The van der Waals surface area contributed by atoms with Crippen molar-refractivity contribution in [3.05, 3.63) is 70.3 Å². The average Bonchev–Trinajstić information content (AvgIpc) is 2.60. The van der Waals surface area contributed by atoms with Crippen LogP contribution in [0, 0.1) is 10.1 Å². The van der Waals surface area contributed by atoms with Gasteiger partial charge in [-0.15, -0.1) is 0 Å². The lowest BCUT2D eigenvalue weighted by Crippen LogP contribution is -2.17. The molecule has 0 atom stereocenters. The second-order valence-electron chi connectivity index (χ2n) is 5.24. The van der Waals surface area contributed by atoms with Gasteiger partial charge in [-0.25, -0.2) is 0 Å². The molecule has 0 fully saturated rings. The van der Waals surface area contributed by atoms with E-state index in [9.17, 15) is 19.7 Å². The van der Waals surface area contributed by atoms with Gasteiger partial charge in [-0.05, 0) is 29.8 Å². The molecule has 134 valence electrons. The summed E-state index contributed by atoms with van der Waals surface area (Å²) in [5.41, 5.74) is 1.50. The number of non-ortho nitro benzene ring substituents is 1. The lowest BCUT2D eigenvalue weighted by Gasteiger charge is -2.07. The summed E-state index contributed by atoms with van der Waals surface area (Å²) in [7, 11) is 1.42. The van der Waals surface area contributed by atoms with E-state index >= 15 is 0 Å². The molecule has 2 amide bonds. The number of nitrogens with one attached hydrogen (secondary N) is 2. The highest BCUT2D eigenvalue weighted by atomic mass is 16.6. The number of nitro groups is 1. The summed E-state index contributed by atoms with van der Waals surface area (Å²) < 4.78 is 4.73. The van der Waals surface area contributed by atoms with Gasteiger partial charge in [0, 0.05) is 36.7 Å². The molecule has 2 rings (SSSR count). The molecule has 0 spiro atoms. The summed E-state index contributed by atoms with van der Waals surface area (Å²) in [5.74, 6) is -0.710. The molecule has 0 aliphatic rings. The molecule has 2 aromatic rings. The fraction of sp³-hybridized carbons (Fsp3) is 0.111. The third-order valence-electron chi connectivity index (χ3n) is 3.20. The van der Waals surface area contributed by atoms with Crippen molar-refractivity contribution in [1.82, 2.24) is 0 Å². The molecule has 0 radical (unpaired) electrons. The van der Waals surface area contributed by atoms with Crippen LogP contribution < -0.4 is 10.6 Å². The summed E-state index contributed by atoms with van der Waals surface area (Å²) in [6, 6.07) is 12.6. The number of anilines is 2. The Balaban J connectivity index is 2.00. The largest absolute Gasteiger partial charge is 0.375 e. The van der Waals surface area contributed by atoms with E-state index < -0.39 is 10.8 Å². The van der Waals surface area contributed by atoms with Crippen molar-refractivity contribution >= 4 is 35.0 Å². The van der Waals surface area contributed by atoms with E-state index in [1.54, 1.807) is 36.4 Å². The number of nitro benzene ring substituents is 1. The highest BCUT2D eigenvalue weighted by Gasteiger charge is 2.05. The van der Waals surface area contributed by atoms with Crippen LogP contribution in [0.3, 0.4) is 0 Å². The zero-order valence-electron chi connectivity index (χ0n) is 14.0. The van der Waals surface area contributed by atoms with E-state index in [2.05, 4.69) is 10.6 Å². The van der Waals surface area contributed by atoms with Crippen LogP contribution in [-0.2, 0) is 14.3 Å². The Morgan fingerprint density at radius 3 is 2.50 bits per heavy atom. The molecule has 2 N–H and O–H groups in total. The van der Waals surface area contributed by atoms with Crippen molar-refractivity contribution < 1.29 is 19.2 Å². The Bertz CT molecular complexity index is 848. The second-order valence-corrected chi connectivity index (χ2v) is 5.24. The van der Waals surface area contributed by atoms with Crippen molar-refractivity contribution in [2.24, 2.45) is 0 Å². The SMILES string of the molecule is COCC(=O)Nc1cccc(NC(=O)/C=C/c2cccc([N+](=O)[O-])c2)c1. The van der Waals surface area contributed by atoms with E-state index in [0.717, 1.165) is 0 Å². The van der Waals surface area contributed by atoms with Crippen LogP contribution in [0.2, 0.25) is 0 Å². The molecule has 0 aromatic heterocycles. The number of ether oxygens (including phenoxy) is 1. The third kappa shape index (κ3) is 5.84. The zero-order valence-corrected chi connectivity index (χ0v) is 14.0. The summed E-state index contributed by atoms with van der Waals surface area (Å²) in [6.45, 7) is -0.0669. The highest BCUT2D eigenvalue weighted by molar-refractivity contribution is 6.02. The lowest BCUT2D eigenvalue weighted by atomic mass is 10.2. The number of hydrogen-bond donors (Lipinski definition) is 2. The molecule has 0 aliphatic heterocycles. The van der Waals surface area contributed by atoms with Crippen molar-refractivity contribution in [2.75, 3.05) is 24.4 Å². The maximum Gasteiger partial charge on any atom is 0.270 e. The van der Waals surface area contributed by atoms with E-state index in [1.807, 2.05) is 0 Å². The Morgan fingerprint density at radius 1 is 1.12 bits per heavy atom. The summed E-state index contributed by atoms with van der Waals surface area (Å²) in [5, 5.41) is 16.0. The third-order valence-corrected chi connectivity index (χ3v) is 3.20. The lowest BCUT2D eigenvalue weighted by molar-refractivity contribution is -0.384. The van der Waals surface area contributed by atoms with Gasteiger partial charge in [0.05, 0.1) is 4.92 Å². The first-order valence-corrected chi connectivity index (χ1v) is 7.60. The van der Waals surface area contributed by atoms with E-state index in [1.165, 1.54) is 31.4 Å². The number of rotatable bonds is 7. The van der Waals surface area contributed by atoms with Gasteiger partial charge in [-0.3, -0.25) is 19.7 Å². The molecule has 0 heterocycles. The van der Waals surface area contributed by atoms with Gasteiger partial charge in [-0.1, -0.05) is 18.2 Å². The molecular formula is C18H17N3O5. The van der Waals surface area contributed by atoms with Crippen LogP contribution in [0.1, 0.15) is 5.56 Å². The van der Waals surface area contributed by atoms with Gasteiger partial charge in [0.2, 0.25) is 11.8 Å². The van der Waals surface area contributed by atoms with Crippen molar-refractivity contribution in [3.8, 4) is 0 Å². The van der Waals surface area contributed by atoms with E-state index in [-0.39, 0.29) is 18.2 Å². The Kier molecular flexibility index (Phi) is 6.58. The fourth-order valence-electron chi connectivity index (χ4n) is 2.10. The van der Waals surface area contributed by atoms with Gasteiger partial charge in [-0.2, -0.15) is 0 Å². The van der Waals surface area contributed by atoms with Gasteiger partial charge in [0.1, 0.15) is 6.61 Å². The van der Waals surface area contributed by atoms with Crippen molar-refractivity contribution in [2.45, 2.75) is 0 Å². The number of nitrogens with zero attached hydrogens (tertiary/aromatic N) is 1. The first-order chi connectivity index (χ1) is 12.5. The Labute approximate surface area is 149 Å². The Morgan fingerprint density at radius 2 is 1.81 bits per heavy atom. The van der Waals surface area contributed by atoms with Crippen LogP contribution in [0.4, 0.5) is 17.1 Å². The number of amides is 2. The first-order valence-electron chi connectivity index (χ1n) is 7.60. The predicted octanol–water partition coefficient (Wildman–Crippen LogP) is 2.83. The fourth-order valence-corrected chi connectivity index (χ4v) is 2.10. The number of hydrogen-bond acceptors (Lipinski definition) is 5. The number of carbonyl (C=O) groups is 2. The summed E-state index contributed by atoms with van der Waals surface area (Å²) >= 11 is 0. The molecule has 0 aliphatic carbocycles. The van der Waals surface area contributed by atoms with E-state index in [4.69, 9.17) is 4.74 Å². The monoisotopic (exact) mass is 355 g/mol. The second kappa shape index (κ2) is 9.09. The molecule has 8 heteroatoms. The molecule has 8 nitrogen and oxygen atoms in total.